The smallest absolute Gasteiger partial charge is 0.257 e. The van der Waals surface area contributed by atoms with Gasteiger partial charge in [0, 0.05) is 6.42 Å². The number of imidazole rings is 1. The number of nitrogens with zero attached hydrogens (tertiary/aromatic N) is 2. The monoisotopic (exact) mass is 466 g/mol. The fraction of sp³-hybridized carbons (Fsp3) is 0.381. The first kappa shape index (κ1) is 20.7. The second kappa shape index (κ2) is 9.92. The maximum atomic E-state index is 10.5. The second-order valence-corrected chi connectivity index (χ2v) is 6.29. The number of ether oxygens (including phenoxy) is 1. The average Bonchev–Trinajstić information content (AvgIpc) is 2.94. The van der Waals surface area contributed by atoms with Crippen LogP contribution in [-0.2, 0) is 19.5 Å². The van der Waals surface area contributed by atoms with E-state index in [0.717, 1.165) is 25.1 Å². The van der Waals surface area contributed by atoms with Crippen LogP contribution in [0.4, 0.5) is 0 Å². The quantitative estimate of drug-likeness (QED) is 0.385. The molecule has 0 bridgehead atoms. The first-order valence-corrected chi connectivity index (χ1v) is 9.10. The summed E-state index contributed by atoms with van der Waals surface area (Å²) in [5.41, 5.74) is 2.40. The van der Waals surface area contributed by atoms with Crippen LogP contribution in [0.15, 0.2) is 54.6 Å². The first-order valence-electron chi connectivity index (χ1n) is 9.10. The normalized spacial score (nSPS) is 12.0. The van der Waals surface area contributed by atoms with Crippen molar-refractivity contribution in [3.05, 3.63) is 60.4 Å². The minimum Gasteiger partial charge on any atom is -1.00 e. The molecule has 0 spiro atoms. The highest BCUT2D eigenvalue weighted by Gasteiger charge is 2.25. The number of hydrogen-bond donors (Lipinski definition) is 1. The fourth-order valence-electron chi connectivity index (χ4n) is 3.37. The van der Waals surface area contributed by atoms with Crippen LogP contribution in [0, 0.1) is 0 Å². The number of para-hydroxylation sites is 3. The molecule has 1 aromatic heterocycles. The van der Waals surface area contributed by atoms with E-state index in [1.54, 1.807) is 0 Å². The predicted molar refractivity (Wildman–Crippen MR) is 99.7 cm³/mol. The number of aliphatic hydroxyl groups excluding tert-OH is 1. The minimum absolute atomic E-state index is 0. The zero-order valence-corrected chi connectivity index (χ0v) is 17.6. The van der Waals surface area contributed by atoms with Crippen molar-refractivity contribution in [1.29, 1.82) is 0 Å². The van der Waals surface area contributed by atoms with Gasteiger partial charge in [0.2, 0.25) is 0 Å². The predicted octanol–water partition coefficient (Wildman–Crippen LogP) is 0.345. The summed E-state index contributed by atoms with van der Waals surface area (Å²) in [5, 5.41) is 10.5. The van der Waals surface area contributed by atoms with Crippen molar-refractivity contribution >= 4 is 11.0 Å². The van der Waals surface area contributed by atoms with Gasteiger partial charge in [-0.3, -0.25) is 0 Å². The van der Waals surface area contributed by atoms with E-state index in [2.05, 4.69) is 47.2 Å². The molecule has 0 radical (unpaired) electrons. The van der Waals surface area contributed by atoms with Crippen molar-refractivity contribution in [2.75, 3.05) is 6.61 Å². The van der Waals surface area contributed by atoms with Crippen molar-refractivity contribution in [2.24, 2.45) is 0 Å². The molecule has 5 heteroatoms. The first-order chi connectivity index (χ1) is 12.2. The average molecular weight is 466 g/mol. The Kier molecular flexibility index (Phi) is 7.90. The Morgan fingerprint density at radius 1 is 1.04 bits per heavy atom. The lowest BCUT2D eigenvalue weighted by molar-refractivity contribution is -0.687. The standard InChI is InChI=1S/C21H27N2O2.HI/c1-3-10-21-22(4-2)19-13-8-9-14-20(19)23(21)15-17(24)16-25-18-11-6-5-7-12-18;/h5-9,11-14,17,24H,3-4,10,15-16H2,1-2H3;1H/q+1;/p-1. The Morgan fingerprint density at radius 2 is 1.73 bits per heavy atom. The summed E-state index contributed by atoms with van der Waals surface area (Å²) in [4.78, 5) is 0. The maximum Gasteiger partial charge on any atom is 0.257 e. The van der Waals surface area contributed by atoms with E-state index in [0.29, 0.717) is 6.54 Å². The number of aryl methyl sites for hydroxylation is 1. The van der Waals surface area contributed by atoms with Gasteiger partial charge in [-0.05, 0) is 37.6 Å². The van der Waals surface area contributed by atoms with Crippen molar-refractivity contribution in [3.8, 4) is 5.75 Å². The Morgan fingerprint density at radius 3 is 2.42 bits per heavy atom. The van der Waals surface area contributed by atoms with Crippen molar-refractivity contribution in [1.82, 2.24) is 4.57 Å². The molecule has 1 atom stereocenters. The number of aliphatic hydroxyl groups is 1. The van der Waals surface area contributed by atoms with Crippen LogP contribution in [0.2, 0.25) is 0 Å². The van der Waals surface area contributed by atoms with Crippen LogP contribution in [0.25, 0.3) is 11.0 Å². The lowest BCUT2D eigenvalue weighted by Gasteiger charge is -2.12. The Labute approximate surface area is 172 Å². The number of rotatable bonds is 8. The van der Waals surface area contributed by atoms with Gasteiger partial charge in [0.25, 0.3) is 5.82 Å². The summed E-state index contributed by atoms with van der Waals surface area (Å²) in [5.74, 6) is 2.06. The molecular formula is C21H27IN2O2. The van der Waals surface area contributed by atoms with E-state index in [1.165, 1.54) is 16.9 Å². The summed E-state index contributed by atoms with van der Waals surface area (Å²) in [6, 6.07) is 18.1. The van der Waals surface area contributed by atoms with Gasteiger partial charge < -0.3 is 33.8 Å². The Hall–Kier alpha value is -1.60. The number of halogens is 1. The largest absolute Gasteiger partial charge is 1.00 e. The fourth-order valence-corrected chi connectivity index (χ4v) is 3.37. The van der Waals surface area contributed by atoms with Gasteiger partial charge in [-0.2, -0.15) is 0 Å². The molecule has 0 saturated carbocycles. The van der Waals surface area contributed by atoms with Crippen molar-refractivity contribution in [2.45, 2.75) is 45.9 Å². The summed E-state index contributed by atoms with van der Waals surface area (Å²) in [7, 11) is 0. The molecule has 0 fully saturated rings. The lowest BCUT2D eigenvalue weighted by atomic mass is 10.3. The topological polar surface area (TPSA) is 38.3 Å². The molecule has 0 amide bonds. The highest BCUT2D eigenvalue weighted by molar-refractivity contribution is 5.72. The molecule has 2 aromatic carbocycles. The van der Waals surface area contributed by atoms with Gasteiger partial charge in [-0.1, -0.05) is 37.3 Å². The van der Waals surface area contributed by atoms with Crippen molar-refractivity contribution in [3.63, 3.8) is 0 Å². The van der Waals surface area contributed by atoms with Crippen LogP contribution in [-0.4, -0.2) is 22.4 Å². The zero-order valence-electron chi connectivity index (χ0n) is 15.4. The number of fused-ring (bicyclic) bond motifs is 1. The summed E-state index contributed by atoms with van der Waals surface area (Å²) in [6.07, 6.45) is 1.51. The second-order valence-electron chi connectivity index (χ2n) is 6.29. The molecule has 0 saturated heterocycles. The Balaban J connectivity index is 0.00000243. The number of hydrogen-bond acceptors (Lipinski definition) is 2. The summed E-state index contributed by atoms with van der Waals surface area (Å²) >= 11 is 0. The van der Waals surface area contributed by atoms with E-state index in [9.17, 15) is 5.11 Å². The SMILES string of the molecule is CCCc1n(CC)c2ccccc2[n+]1CC(O)COc1ccccc1.[I-]. The third kappa shape index (κ3) is 4.57. The lowest BCUT2D eigenvalue weighted by Crippen LogP contribution is -3.00. The number of aromatic nitrogens is 2. The van der Waals surface area contributed by atoms with Gasteiger partial charge in [0.05, 0.1) is 6.54 Å². The van der Waals surface area contributed by atoms with Crippen LogP contribution < -0.4 is 33.3 Å². The molecule has 1 unspecified atom stereocenters. The van der Waals surface area contributed by atoms with Gasteiger partial charge >= 0.3 is 0 Å². The van der Waals surface area contributed by atoms with Crippen molar-refractivity contribution < 1.29 is 38.4 Å². The molecule has 1 heterocycles. The highest BCUT2D eigenvalue weighted by atomic mass is 127. The molecular weight excluding hydrogens is 439 g/mol. The third-order valence-electron chi connectivity index (χ3n) is 4.46. The van der Waals surface area contributed by atoms with Crippen LogP contribution >= 0.6 is 0 Å². The van der Waals surface area contributed by atoms with Gasteiger partial charge in [-0.25, -0.2) is 9.13 Å². The van der Waals surface area contributed by atoms with E-state index >= 15 is 0 Å². The zero-order chi connectivity index (χ0) is 17.6. The number of benzene rings is 2. The van der Waals surface area contributed by atoms with Gasteiger partial charge in [0.15, 0.2) is 11.0 Å². The summed E-state index contributed by atoms with van der Waals surface area (Å²) < 4.78 is 10.3. The minimum atomic E-state index is -0.558. The molecule has 140 valence electrons. The van der Waals surface area contributed by atoms with Crippen LogP contribution in [0.3, 0.4) is 0 Å². The van der Waals surface area contributed by atoms with E-state index in [1.807, 2.05) is 30.3 Å². The van der Waals surface area contributed by atoms with E-state index in [4.69, 9.17) is 4.74 Å². The molecule has 4 nitrogen and oxygen atoms in total. The Bertz CT molecular complexity index is 817. The highest BCUT2D eigenvalue weighted by Crippen LogP contribution is 2.16. The molecule has 3 aromatic rings. The molecule has 0 aliphatic heterocycles. The maximum absolute atomic E-state index is 10.5. The molecule has 0 aliphatic carbocycles. The molecule has 1 N–H and O–H groups in total. The molecule has 3 rings (SSSR count). The van der Waals surface area contributed by atoms with E-state index in [-0.39, 0.29) is 30.6 Å². The summed E-state index contributed by atoms with van der Waals surface area (Å²) in [6.45, 7) is 6.12. The van der Waals surface area contributed by atoms with Gasteiger partial charge in [-0.15, -0.1) is 0 Å². The van der Waals surface area contributed by atoms with E-state index < -0.39 is 6.10 Å². The molecule has 26 heavy (non-hydrogen) atoms. The molecule has 0 aliphatic rings. The third-order valence-corrected chi connectivity index (χ3v) is 4.46. The van der Waals surface area contributed by atoms with Crippen LogP contribution in [0.1, 0.15) is 26.1 Å². The van der Waals surface area contributed by atoms with Crippen LogP contribution in [0.5, 0.6) is 5.75 Å². The van der Waals surface area contributed by atoms with Gasteiger partial charge in [0.1, 0.15) is 25.0 Å².